The van der Waals surface area contributed by atoms with Crippen molar-refractivity contribution >= 4 is 39.8 Å². The Morgan fingerprint density at radius 2 is 1.84 bits per heavy atom. The second-order valence-corrected chi connectivity index (χ2v) is 9.61. The normalized spacial score (nSPS) is 19.6. The first kappa shape index (κ1) is 20.1. The Bertz CT molecular complexity index is 1150. The summed E-state index contributed by atoms with van der Waals surface area (Å²) in [5.74, 6) is 0.627. The van der Waals surface area contributed by atoms with E-state index < -0.39 is 5.97 Å². The predicted octanol–water partition coefficient (Wildman–Crippen LogP) is 5.60. The van der Waals surface area contributed by atoms with E-state index in [9.17, 15) is 9.59 Å². The topological polar surface area (TPSA) is 67.4 Å². The number of nitrogens with one attached hydrogen (secondary N) is 2. The van der Waals surface area contributed by atoms with Crippen molar-refractivity contribution in [3.05, 3.63) is 80.7 Å². The van der Waals surface area contributed by atoms with Gasteiger partial charge in [0.2, 0.25) is 0 Å². The van der Waals surface area contributed by atoms with E-state index in [-0.39, 0.29) is 12.1 Å². The number of carbonyl (C=O) groups excluding carboxylic acids is 2. The number of hydrogen-bond donors (Lipinski definition) is 2. The van der Waals surface area contributed by atoms with Gasteiger partial charge in [0, 0.05) is 9.90 Å². The van der Waals surface area contributed by atoms with Crippen molar-refractivity contribution in [2.24, 2.45) is 5.92 Å². The van der Waals surface area contributed by atoms with Crippen LogP contribution in [0.15, 0.2) is 48.5 Å². The molecule has 1 amide bonds. The van der Waals surface area contributed by atoms with Crippen LogP contribution in [0.4, 0.5) is 5.00 Å². The fraction of sp³-hybridized carbons (Fsp3) is 0.250. The summed E-state index contributed by atoms with van der Waals surface area (Å²) in [6.07, 6.45) is 2.82. The van der Waals surface area contributed by atoms with E-state index in [1.807, 2.05) is 12.1 Å². The van der Waals surface area contributed by atoms with Gasteiger partial charge in [-0.2, -0.15) is 0 Å². The Morgan fingerprint density at radius 3 is 2.58 bits per heavy atom. The van der Waals surface area contributed by atoms with Crippen LogP contribution < -0.4 is 15.4 Å². The van der Waals surface area contributed by atoms with Crippen LogP contribution >= 0.6 is 22.9 Å². The molecule has 0 bridgehead atoms. The lowest BCUT2D eigenvalue weighted by molar-refractivity contribution is 0.0734. The third-order valence-electron chi connectivity index (χ3n) is 5.79. The summed E-state index contributed by atoms with van der Waals surface area (Å²) in [6.45, 7) is 2.26. The van der Waals surface area contributed by atoms with Gasteiger partial charge in [0.25, 0.3) is 5.91 Å². The van der Waals surface area contributed by atoms with Crippen molar-refractivity contribution in [1.82, 2.24) is 5.32 Å². The molecule has 0 saturated heterocycles. The van der Waals surface area contributed by atoms with Crippen molar-refractivity contribution in [3.63, 3.8) is 0 Å². The Kier molecular flexibility index (Phi) is 5.20. The Balaban J connectivity index is 1.31. The third kappa shape index (κ3) is 3.93. The lowest BCUT2D eigenvalue weighted by Crippen LogP contribution is -2.38. The molecule has 158 valence electrons. The number of esters is 1. The number of rotatable bonds is 3. The highest BCUT2D eigenvalue weighted by Crippen LogP contribution is 2.42. The molecule has 3 aromatic rings. The lowest BCUT2D eigenvalue weighted by Gasteiger charge is -2.27. The van der Waals surface area contributed by atoms with Crippen LogP contribution in [0.1, 0.15) is 56.2 Å². The van der Waals surface area contributed by atoms with Gasteiger partial charge >= 0.3 is 5.97 Å². The molecule has 0 fully saturated rings. The third-order valence-corrected chi connectivity index (χ3v) is 7.23. The SMILES string of the molecule is C[C@@H]1CCc2c(sc3c2C(=O)N[C@H](c2ccc(OC(=O)c4ccc(Cl)cc4)cc2)N3)C1. The van der Waals surface area contributed by atoms with Crippen LogP contribution in [0.5, 0.6) is 5.75 Å². The highest BCUT2D eigenvalue weighted by atomic mass is 35.5. The molecule has 7 heteroatoms. The molecule has 2 aromatic carbocycles. The van der Waals surface area contributed by atoms with Crippen LogP contribution in [-0.2, 0) is 12.8 Å². The largest absolute Gasteiger partial charge is 0.423 e. The second-order valence-electron chi connectivity index (χ2n) is 8.07. The Morgan fingerprint density at radius 1 is 1.10 bits per heavy atom. The van der Waals surface area contributed by atoms with Gasteiger partial charge in [-0.05, 0) is 72.7 Å². The molecule has 1 aliphatic carbocycles. The fourth-order valence-corrected chi connectivity index (χ4v) is 5.67. The molecule has 5 rings (SSSR count). The average Bonchev–Trinajstić information content (AvgIpc) is 3.12. The number of ether oxygens (including phenoxy) is 1. The molecule has 2 atom stereocenters. The molecule has 2 heterocycles. The number of carbonyl (C=O) groups is 2. The number of anilines is 1. The zero-order valence-electron chi connectivity index (χ0n) is 16.9. The van der Waals surface area contributed by atoms with Crippen LogP contribution in [0.3, 0.4) is 0 Å². The van der Waals surface area contributed by atoms with E-state index in [0.717, 1.165) is 35.4 Å². The first-order valence-electron chi connectivity index (χ1n) is 10.3. The van der Waals surface area contributed by atoms with Gasteiger partial charge < -0.3 is 15.4 Å². The molecule has 1 aromatic heterocycles. The van der Waals surface area contributed by atoms with Crippen LogP contribution in [0.25, 0.3) is 0 Å². The summed E-state index contributed by atoms with van der Waals surface area (Å²) in [4.78, 5) is 26.5. The maximum absolute atomic E-state index is 12.9. The number of hydrogen-bond acceptors (Lipinski definition) is 5. The molecule has 2 aliphatic rings. The molecule has 31 heavy (non-hydrogen) atoms. The summed E-state index contributed by atoms with van der Waals surface area (Å²) in [6, 6.07) is 13.7. The summed E-state index contributed by atoms with van der Waals surface area (Å²) in [5, 5.41) is 8.05. The van der Waals surface area contributed by atoms with Gasteiger partial charge in [-0.25, -0.2) is 4.79 Å². The summed E-state index contributed by atoms with van der Waals surface area (Å²) >= 11 is 7.56. The van der Waals surface area contributed by atoms with Crippen molar-refractivity contribution < 1.29 is 14.3 Å². The number of fused-ring (bicyclic) bond motifs is 3. The van der Waals surface area contributed by atoms with Gasteiger partial charge in [0.05, 0.1) is 11.1 Å². The Hall–Kier alpha value is -2.83. The molecule has 2 N–H and O–H groups in total. The number of thiophene rings is 1. The summed E-state index contributed by atoms with van der Waals surface area (Å²) in [5.41, 5.74) is 3.35. The summed E-state index contributed by atoms with van der Waals surface area (Å²) < 4.78 is 5.44. The van der Waals surface area contributed by atoms with Gasteiger partial charge in [-0.3, -0.25) is 4.79 Å². The van der Waals surface area contributed by atoms with E-state index in [4.69, 9.17) is 16.3 Å². The van der Waals surface area contributed by atoms with Gasteiger partial charge in [0.15, 0.2) is 0 Å². The van der Waals surface area contributed by atoms with Crippen molar-refractivity contribution in [2.75, 3.05) is 5.32 Å². The fourth-order valence-electron chi connectivity index (χ4n) is 4.11. The van der Waals surface area contributed by atoms with E-state index in [2.05, 4.69) is 17.6 Å². The van der Waals surface area contributed by atoms with Crippen molar-refractivity contribution in [3.8, 4) is 5.75 Å². The minimum Gasteiger partial charge on any atom is -0.423 e. The van der Waals surface area contributed by atoms with Crippen LogP contribution in [0.2, 0.25) is 5.02 Å². The molecule has 0 unspecified atom stereocenters. The molecule has 1 aliphatic heterocycles. The first-order valence-corrected chi connectivity index (χ1v) is 11.5. The lowest BCUT2D eigenvalue weighted by atomic mass is 9.88. The standard InChI is InChI=1S/C24H21ClN2O3S/c1-13-2-11-18-19(12-13)31-23-20(18)22(28)26-21(27-23)14-5-9-17(10-6-14)30-24(29)15-3-7-16(25)8-4-15/h3-10,13,21,27H,2,11-12H2,1H3,(H,26,28)/t13-,21+/m1/s1. The molecule has 5 nitrogen and oxygen atoms in total. The number of benzene rings is 2. The van der Waals surface area contributed by atoms with E-state index in [1.54, 1.807) is 47.7 Å². The van der Waals surface area contributed by atoms with Gasteiger partial charge in [-0.15, -0.1) is 11.3 Å². The zero-order chi connectivity index (χ0) is 21.5. The summed E-state index contributed by atoms with van der Waals surface area (Å²) in [7, 11) is 0. The molecule has 0 saturated carbocycles. The maximum Gasteiger partial charge on any atom is 0.343 e. The zero-order valence-corrected chi connectivity index (χ0v) is 18.5. The Labute approximate surface area is 189 Å². The minimum absolute atomic E-state index is 0.0240. The number of amides is 1. The maximum atomic E-state index is 12.9. The van der Waals surface area contributed by atoms with E-state index in [1.165, 1.54) is 10.4 Å². The van der Waals surface area contributed by atoms with Gasteiger partial charge in [0.1, 0.15) is 16.9 Å². The molecular formula is C24H21ClN2O3S. The van der Waals surface area contributed by atoms with Crippen LogP contribution in [0, 0.1) is 5.92 Å². The quantitative estimate of drug-likeness (QED) is 0.401. The molecule has 0 spiro atoms. The first-order chi connectivity index (χ1) is 15.0. The average molecular weight is 453 g/mol. The van der Waals surface area contributed by atoms with Crippen molar-refractivity contribution in [1.29, 1.82) is 0 Å². The predicted molar refractivity (Wildman–Crippen MR) is 122 cm³/mol. The minimum atomic E-state index is -0.448. The highest BCUT2D eigenvalue weighted by molar-refractivity contribution is 7.16. The monoisotopic (exact) mass is 452 g/mol. The van der Waals surface area contributed by atoms with E-state index >= 15 is 0 Å². The second kappa shape index (κ2) is 8.02. The number of halogens is 1. The highest BCUT2D eigenvalue weighted by Gasteiger charge is 2.33. The van der Waals surface area contributed by atoms with E-state index in [0.29, 0.717) is 22.3 Å². The molecular weight excluding hydrogens is 432 g/mol. The molecule has 0 radical (unpaired) electrons. The van der Waals surface area contributed by atoms with Crippen molar-refractivity contribution in [2.45, 2.75) is 32.4 Å². The van der Waals surface area contributed by atoms with Gasteiger partial charge in [-0.1, -0.05) is 30.7 Å². The smallest absolute Gasteiger partial charge is 0.343 e. The van der Waals surface area contributed by atoms with Crippen LogP contribution in [-0.4, -0.2) is 11.9 Å².